The van der Waals surface area contributed by atoms with Crippen LogP contribution >= 0.6 is 0 Å². The average molecular weight is 390 g/mol. The van der Waals surface area contributed by atoms with Crippen molar-refractivity contribution in [2.24, 2.45) is 0 Å². The summed E-state index contributed by atoms with van der Waals surface area (Å²) in [6.45, 7) is 6.98. The molecule has 0 aliphatic rings. The standard InChI is InChI=1S/C23H26N4O2/c1-23(2,3)18-11-9-16(10-12-18)22(28)25-21-14-13-20(26-27-21)24-15-17-7-5-6-8-19(17)29-4/h5-14H,15H2,1-4H3,(H,24,26)(H,25,27,28). The number of nitrogens with zero attached hydrogens (tertiary/aromatic N) is 2. The van der Waals surface area contributed by atoms with Crippen molar-refractivity contribution < 1.29 is 9.53 Å². The Bertz CT molecular complexity index is 961. The van der Waals surface area contributed by atoms with Crippen molar-refractivity contribution in [3.63, 3.8) is 0 Å². The van der Waals surface area contributed by atoms with Crippen molar-refractivity contribution in [2.45, 2.75) is 32.7 Å². The highest BCUT2D eigenvalue weighted by molar-refractivity contribution is 6.03. The lowest BCUT2D eigenvalue weighted by atomic mass is 9.87. The number of nitrogens with one attached hydrogen (secondary N) is 2. The second-order valence-electron chi connectivity index (χ2n) is 7.75. The van der Waals surface area contributed by atoms with Crippen LogP contribution in [0.25, 0.3) is 0 Å². The summed E-state index contributed by atoms with van der Waals surface area (Å²) >= 11 is 0. The van der Waals surface area contributed by atoms with Gasteiger partial charge < -0.3 is 15.4 Å². The highest BCUT2D eigenvalue weighted by atomic mass is 16.5. The Morgan fingerprint density at radius 1 is 0.931 bits per heavy atom. The summed E-state index contributed by atoms with van der Waals surface area (Å²) in [4.78, 5) is 12.4. The van der Waals surface area contributed by atoms with E-state index in [0.29, 0.717) is 23.7 Å². The van der Waals surface area contributed by atoms with Gasteiger partial charge in [-0.3, -0.25) is 4.79 Å². The highest BCUT2D eigenvalue weighted by Crippen LogP contribution is 2.22. The number of aromatic nitrogens is 2. The van der Waals surface area contributed by atoms with E-state index in [1.807, 2.05) is 48.5 Å². The fourth-order valence-electron chi connectivity index (χ4n) is 2.84. The third-order valence-electron chi connectivity index (χ3n) is 4.57. The maximum atomic E-state index is 12.4. The van der Waals surface area contributed by atoms with E-state index in [1.165, 1.54) is 5.56 Å². The summed E-state index contributed by atoms with van der Waals surface area (Å²) in [5.74, 6) is 1.62. The Labute approximate surface area is 171 Å². The van der Waals surface area contributed by atoms with Gasteiger partial charge in [0.2, 0.25) is 0 Å². The van der Waals surface area contributed by atoms with Gasteiger partial charge in [-0.15, -0.1) is 10.2 Å². The fraction of sp³-hybridized carbons (Fsp3) is 0.261. The molecular formula is C23H26N4O2. The van der Waals surface area contributed by atoms with Crippen LogP contribution in [0.15, 0.2) is 60.7 Å². The molecule has 0 bridgehead atoms. The van der Waals surface area contributed by atoms with Crippen molar-refractivity contribution >= 4 is 17.5 Å². The fourth-order valence-corrected chi connectivity index (χ4v) is 2.84. The van der Waals surface area contributed by atoms with E-state index in [0.717, 1.165) is 11.3 Å². The van der Waals surface area contributed by atoms with Crippen LogP contribution < -0.4 is 15.4 Å². The van der Waals surface area contributed by atoms with Gasteiger partial charge in [0.15, 0.2) is 5.82 Å². The normalized spacial score (nSPS) is 11.0. The lowest BCUT2D eigenvalue weighted by molar-refractivity contribution is 0.102. The SMILES string of the molecule is COc1ccccc1CNc1ccc(NC(=O)c2ccc(C(C)(C)C)cc2)nn1. The molecule has 0 unspecified atom stereocenters. The first-order valence-electron chi connectivity index (χ1n) is 9.48. The number of hydrogen-bond donors (Lipinski definition) is 2. The quantitative estimate of drug-likeness (QED) is 0.641. The summed E-state index contributed by atoms with van der Waals surface area (Å²) in [5.41, 5.74) is 2.83. The molecule has 0 spiro atoms. The number of benzene rings is 2. The lowest BCUT2D eigenvalue weighted by Gasteiger charge is -2.19. The minimum atomic E-state index is -0.213. The van der Waals surface area contributed by atoms with E-state index in [-0.39, 0.29) is 11.3 Å². The topological polar surface area (TPSA) is 76.1 Å². The molecular weight excluding hydrogens is 364 g/mol. The molecule has 0 radical (unpaired) electrons. The maximum absolute atomic E-state index is 12.4. The molecule has 29 heavy (non-hydrogen) atoms. The highest BCUT2D eigenvalue weighted by Gasteiger charge is 2.14. The molecule has 3 rings (SSSR count). The monoisotopic (exact) mass is 390 g/mol. The average Bonchev–Trinajstić information content (AvgIpc) is 2.73. The number of hydrogen-bond acceptors (Lipinski definition) is 5. The van der Waals surface area contributed by atoms with Crippen molar-refractivity contribution in [1.29, 1.82) is 0 Å². The third-order valence-corrected chi connectivity index (χ3v) is 4.57. The molecule has 0 aliphatic heterocycles. The lowest BCUT2D eigenvalue weighted by Crippen LogP contribution is -2.15. The van der Waals surface area contributed by atoms with Crippen LogP contribution in [0, 0.1) is 0 Å². The number of methoxy groups -OCH3 is 1. The zero-order valence-electron chi connectivity index (χ0n) is 17.2. The van der Waals surface area contributed by atoms with Crippen LogP contribution in [0.4, 0.5) is 11.6 Å². The van der Waals surface area contributed by atoms with Crippen LogP contribution in [0.2, 0.25) is 0 Å². The van der Waals surface area contributed by atoms with Crippen LogP contribution in [-0.4, -0.2) is 23.2 Å². The molecule has 2 N–H and O–H groups in total. The molecule has 150 valence electrons. The molecule has 0 saturated heterocycles. The largest absolute Gasteiger partial charge is 0.496 e. The van der Waals surface area contributed by atoms with E-state index >= 15 is 0 Å². The Morgan fingerprint density at radius 3 is 2.21 bits per heavy atom. The molecule has 0 atom stereocenters. The van der Waals surface area contributed by atoms with Crippen molar-refractivity contribution in [1.82, 2.24) is 10.2 Å². The predicted octanol–water partition coefficient (Wildman–Crippen LogP) is 4.65. The molecule has 3 aromatic rings. The van der Waals surface area contributed by atoms with Gasteiger partial charge in [-0.1, -0.05) is 51.1 Å². The first-order chi connectivity index (χ1) is 13.9. The molecule has 0 fully saturated rings. The molecule has 0 saturated carbocycles. The van der Waals surface area contributed by atoms with E-state index in [4.69, 9.17) is 4.74 Å². The van der Waals surface area contributed by atoms with Gasteiger partial charge in [0.1, 0.15) is 11.6 Å². The second-order valence-corrected chi connectivity index (χ2v) is 7.75. The van der Waals surface area contributed by atoms with Crippen LogP contribution in [0.1, 0.15) is 42.3 Å². The second kappa shape index (κ2) is 8.73. The number of ether oxygens (including phenoxy) is 1. The summed E-state index contributed by atoms with van der Waals surface area (Å²) in [6.07, 6.45) is 0. The van der Waals surface area contributed by atoms with E-state index in [9.17, 15) is 4.79 Å². The first kappa shape index (κ1) is 20.3. The molecule has 0 aliphatic carbocycles. The third kappa shape index (κ3) is 5.31. The minimum absolute atomic E-state index is 0.0487. The molecule has 1 heterocycles. The maximum Gasteiger partial charge on any atom is 0.256 e. The number of para-hydroxylation sites is 1. The summed E-state index contributed by atoms with van der Waals surface area (Å²) in [7, 11) is 1.65. The van der Waals surface area contributed by atoms with Crippen molar-refractivity contribution in [3.8, 4) is 5.75 Å². The smallest absolute Gasteiger partial charge is 0.256 e. The number of anilines is 2. The van der Waals surface area contributed by atoms with Gasteiger partial charge in [-0.05, 0) is 41.3 Å². The van der Waals surface area contributed by atoms with Gasteiger partial charge in [-0.25, -0.2) is 0 Å². The predicted molar refractivity (Wildman–Crippen MR) is 115 cm³/mol. The Morgan fingerprint density at radius 2 is 1.59 bits per heavy atom. The Kier molecular flexibility index (Phi) is 6.12. The molecule has 2 aromatic carbocycles. The minimum Gasteiger partial charge on any atom is -0.496 e. The van der Waals surface area contributed by atoms with Crippen molar-refractivity contribution in [3.05, 3.63) is 77.4 Å². The molecule has 6 heteroatoms. The van der Waals surface area contributed by atoms with Gasteiger partial charge >= 0.3 is 0 Å². The van der Waals surface area contributed by atoms with Crippen LogP contribution in [0.5, 0.6) is 5.75 Å². The van der Waals surface area contributed by atoms with Crippen LogP contribution in [0.3, 0.4) is 0 Å². The van der Waals surface area contributed by atoms with E-state index in [1.54, 1.807) is 19.2 Å². The summed E-state index contributed by atoms with van der Waals surface area (Å²) in [6, 6.07) is 18.9. The summed E-state index contributed by atoms with van der Waals surface area (Å²) in [5, 5.41) is 14.2. The summed E-state index contributed by atoms with van der Waals surface area (Å²) < 4.78 is 5.34. The number of carbonyl (C=O) groups is 1. The van der Waals surface area contributed by atoms with Gasteiger partial charge in [-0.2, -0.15) is 0 Å². The van der Waals surface area contributed by atoms with Gasteiger partial charge in [0.05, 0.1) is 7.11 Å². The zero-order valence-corrected chi connectivity index (χ0v) is 17.2. The van der Waals surface area contributed by atoms with Crippen LogP contribution in [-0.2, 0) is 12.0 Å². The molecule has 1 amide bonds. The van der Waals surface area contributed by atoms with Gasteiger partial charge in [0, 0.05) is 17.7 Å². The number of rotatable bonds is 6. The Balaban J connectivity index is 1.59. The number of carbonyl (C=O) groups excluding carboxylic acids is 1. The zero-order chi connectivity index (χ0) is 20.9. The van der Waals surface area contributed by atoms with E-state index < -0.39 is 0 Å². The molecule has 1 aromatic heterocycles. The number of amides is 1. The Hall–Kier alpha value is -3.41. The van der Waals surface area contributed by atoms with E-state index in [2.05, 4.69) is 41.6 Å². The van der Waals surface area contributed by atoms with Crippen molar-refractivity contribution in [2.75, 3.05) is 17.7 Å². The van der Waals surface area contributed by atoms with Gasteiger partial charge in [0.25, 0.3) is 5.91 Å². The first-order valence-corrected chi connectivity index (χ1v) is 9.48. The molecule has 6 nitrogen and oxygen atoms in total.